The highest BCUT2D eigenvalue weighted by Crippen LogP contribution is 2.24. The first kappa shape index (κ1) is 11.6. The number of rotatable bonds is 3. The maximum absolute atomic E-state index is 12.1. The molecule has 3 heteroatoms. The van der Waals surface area contributed by atoms with Gasteiger partial charge in [-0.15, -0.1) is 0 Å². The van der Waals surface area contributed by atoms with Gasteiger partial charge in [0.2, 0.25) is 0 Å². The van der Waals surface area contributed by atoms with Gasteiger partial charge in [0.1, 0.15) is 0 Å². The number of carbonyl (C=O) groups is 2. The predicted molar refractivity (Wildman–Crippen MR) is 63.6 cm³/mol. The van der Waals surface area contributed by atoms with E-state index in [0.717, 1.165) is 0 Å². The van der Waals surface area contributed by atoms with Crippen molar-refractivity contribution in [2.75, 3.05) is 7.11 Å². The number of Topliss-reactive ketones (excluding diaryl/α,β-unsaturated/α-hetero) is 1. The molecule has 3 nitrogen and oxygen atoms in total. The fourth-order valence-electron chi connectivity index (χ4n) is 1.99. The van der Waals surface area contributed by atoms with Crippen LogP contribution in [0.3, 0.4) is 0 Å². The largest absolute Gasteiger partial charge is 0.501 e. The zero-order valence-electron chi connectivity index (χ0n) is 9.68. The number of benzene rings is 1. The molecule has 0 saturated heterocycles. The van der Waals surface area contributed by atoms with Gasteiger partial charge in [-0.25, -0.2) is 0 Å². The Labute approximate surface area is 100 Å². The molecule has 0 radical (unpaired) electrons. The molecular formula is C14H14O3. The van der Waals surface area contributed by atoms with Gasteiger partial charge in [0.05, 0.1) is 18.8 Å². The maximum atomic E-state index is 12.1. The molecule has 0 aromatic heterocycles. The third-order valence-electron chi connectivity index (χ3n) is 2.96. The Balaban J connectivity index is 2.18. The average Bonchev–Trinajstić information content (AvgIpc) is 2.39. The summed E-state index contributed by atoms with van der Waals surface area (Å²) in [7, 11) is 1.54. The van der Waals surface area contributed by atoms with Crippen molar-refractivity contribution in [3.05, 3.63) is 47.7 Å². The van der Waals surface area contributed by atoms with E-state index in [1.165, 1.54) is 6.08 Å². The van der Waals surface area contributed by atoms with Crippen molar-refractivity contribution in [2.45, 2.75) is 12.8 Å². The Bertz CT molecular complexity index is 460. The lowest BCUT2D eigenvalue weighted by Crippen LogP contribution is -2.26. The van der Waals surface area contributed by atoms with E-state index < -0.39 is 5.92 Å². The van der Waals surface area contributed by atoms with Crippen LogP contribution in [0, 0.1) is 5.92 Å². The number of methoxy groups -OCH3 is 1. The highest BCUT2D eigenvalue weighted by Gasteiger charge is 2.29. The highest BCUT2D eigenvalue weighted by molar-refractivity contribution is 6.14. The minimum absolute atomic E-state index is 0.0954. The zero-order chi connectivity index (χ0) is 12.3. The topological polar surface area (TPSA) is 43.4 Å². The van der Waals surface area contributed by atoms with Crippen LogP contribution < -0.4 is 0 Å². The molecule has 0 heterocycles. The Hall–Kier alpha value is -1.90. The summed E-state index contributed by atoms with van der Waals surface area (Å²) in [5, 5.41) is 0. The molecule has 0 spiro atoms. The summed E-state index contributed by atoms with van der Waals surface area (Å²) in [5.74, 6) is -0.132. The second kappa shape index (κ2) is 4.95. The van der Waals surface area contributed by atoms with E-state index in [1.54, 1.807) is 31.4 Å². The molecular weight excluding hydrogens is 216 g/mol. The normalized spacial score (nSPS) is 19.7. The van der Waals surface area contributed by atoms with E-state index in [1.807, 2.05) is 6.07 Å². The lowest BCUT2D eigenvalue weighted by molar-refractivity contribution is -0.117. The lowest BCUT2D eigenvalue weighted by Gasteiger charge is -2.18. The quantitative estimate of drug-likeness (QED) is 0.591. The van der Waals surface area contributed by atoms with Crippen LogP contribution in [0.4, 0.5) is 0 Å². The minimum Gasteiger partial charge on any atom is -0.501 e. The van der Waals surface area contributed by atoms with Gasteiger partial charge in [-0.1, -0.05) is 30.3 Å². The number of ether oxygens (including phenoxy) is 1. The van der Waals surface area contributed by atoms with Crippen molar-refractivity contribution >= 4 is 11.6 Å². The Kier molecular flexibility index (Phi) is 3.38. The number of allylic oxidation sites excluding steroid dienone is 2. The van der Waals surface area contributed by atoms with E-state index in [-0.39, 0.29) is 11.6 Å². The molecule has 1 aliphatic carbocycles. The van der Waals surface area contributed by atoms with Crippen molar-refractivity contribution in [1.29, 1.82) is 0 Å². The first-order valence-corrected chi connectivity index (χ1v) is 5.60. The first-order valence-electron chi connectivity index (χ1n) is 5.60. The highest BCUT2D eigenvalue weighted by atomic mass is 16.5. The van der Waals surface area contributed by atoms with Gasteiger partial charge < -0.3 is 4.74 Å². The fraction of sp³-hybridized carbons (Fsp3) is 0.286. The van der Waals surface area contributed by atoms with Crippen molar-refractivity contribution in [3.63, 3.8) is 0 Å². The van der Waals surface area contributed by atoms with Crippen molar-refractivity contribution < 1.29 is 14.3 Å². The summed E-state index contributed by atoms with van der Waals surface area (Å²) < 4.78 is 5.02. The van der Waals surface area contributed by atoms with Crippen LogP contribution in [0.25, 0.3) is 0 Å². The first-order chi connectivity index (χ1) is 8.22. The van der Waals surface area contributed by atoms with Gasteiger partial charge in [-0.05, 0) is 6.42 Å². The van der Waals surface area contributed by atoms with Crippen LogP contribution in [-0.4, -0.2) is 18.7 Å². The van der Waals surface area contributed by atoms with Crippen molar-refractivity contribution in [2.24, 2.45) is 5.92 Å². The summed E-state index contributed by atoms with van der Waals surface area (Å²) in [6, 6.07) is 8.94. The molecule has 0 saturated carbocycles. The van der Waals surface area contributed by atoms with Crippen LogP contribution in [0.2, 0.25) is 0 Å². The van der Waals surface area contributed by atoms with Gasteiger partial charge in [0.25, 0.3) is 0 Å². The van der Waals surface area contributed by atoms with E-state index in [0.29, 0.717) is 24.2 Å². The second-order valence-electron chi connectivity index (χ2n) is 4.04. The van der Waals surface area contributed by atoms with Crippen LogP contribution in [0.5, 0.6) is 0 Å². The molecule has 0 amide bonds. The fourth-order valence-corrected chi connectivity index (χ4v) is 1.99. The van der Waals surface area contributed by atoms with Crippen LogP contribution in [-0.2, 0) is 9.53 Å². The molecule has 1 aliphatic rings. The summed E-state index contributed by atoms with van der Waals surface area (Å²) in [4.78, 5) is 23.9. The monoisotopic (exact) mass is 230 g/mol. The van der Waals surface area contributed by atoms with Crippen LogP contribution in [0.15, 0.2) is 42.2 Å². The second-order valence-corrected chi connectivity index (χ2v) is 4.04. The van der Waals surface area contributed by atoms with Gasteiger partial charge in [0.15, 0.2) is 11.6 Å². The lowest BCUT2D eigenvalue weighted by atomic mass is 9.85. The van der Waals surface area contributed by atoms with Crippen molar-refractivity contribution in [1.82, 2.24) is 0 Å². The SMILES string of the molecule is COC1=CC(=O)C(C(=O)c2ccccc2)CC1. The van der Waals surface area contributed by atoms with Gasteiger partial charge in [-0.2, -0.15) is 0 Å². The molecule has 1 aromatic rings. The molecule has 0 aliphatic heterocycles. The molecule has 1 aromatic carbocycles. The average molecular weight is 230 g/mol. The Morgan fingerprint density at radius 1 is 1.29 bits per heavy atom. The van der Waals surface area contributed by atoms with Crippen LogP contribution >= 0.6 is 0 Å². The number of ketones is 2. The standard InChI is InChI=1S/C14H14O3/c1-17-11-7-8-12(13(15)9-11)14(16)10-5-3-2-4-6-10/h2-6,9,12H,7-8H2,1H3. The van der Waals surface area contributed by atoms with E-state index in [9.17, 15) is 9.59 Å². The van der Waals surface area contributed by atoms with E-state index in [4.69, 9.17) is 4.74 Å². The van der Waals surface area contributed by atoms with Gasteiger partial charge in [0, 0.05) is 18.1 Å². The van der Waals surface area contributed by atoms with E-state index >= 15 is 0 Å². The van der Waals surface area contributed by atoms with Crippen molar-refractivity contribution in [3.8, 4) is 0 Å². The molecule has 0 bridgehead atoms. The number of hydrogen-bond acceptors (Lipinski definition) is 3. The molecule has 17 heavy (non-hydrogen) atoms. The smallest absolute Gasteiger partial charge is 0.173 e. The Morgan fingerprint density at radius 2 is 2.00 bits per heavy atom. The summed E-state index contributed by atoms with van der Waals surface area (Å²) in [6.07, 6.45) is 2.62. The molecule has 0 fully saturated rings. The molecule has 0 N–H and O–H groups in total. The summed E-state index contributed by atoms with van der Waals surface area (Å²) >= 11 is 0. The summed E-state index contributed by atoms with van der Waals surface area (Å²) in [5.41, 5.74) is 0.597. The molecule has 1 unspecified atom stereocenters. The molecule has 1 atom stereocenters. The zero-order valence-corrected chi connectivity index (χ0v) is 9.68. The third kappa shape index (κ3) is 2.44. The number of hydrogen-bond donors (Lipinski definition) is 0. The third-order valence-corrected chi connectivity index (χ3v) is 2.96. The maximum Gasteiger partial charge on any atom is 0.173 e. The molecule has 2 rings (SSSR count). The van der Waals surface area contributed by atoms with Gasteiger partial charge >= 0.3 is 0 Å². The number of carbonyl (C=O) groups excluding carboxylic acids is 2. The summed E-state index contributed by atoms with van der Waals surface area (Å²) in [6.45, 7) is 0. The van der Waals surface area contributed by atoms with Crippen LogP contribution in [0.1, 0.15) is 23.2 Å². The van der Waals surface area contributed by atoms with E-state index in [2.05, 4.69) is 0 Å². The minimum atomic E-state index is -0.545. The van der Waals surface area contributed by atoms with Gasteiger partial charge in [-0.3, -0.25) is 9.59 Å². The Morgan fingerprint density at radius 3 is 2.59 bits per heavy atom. The predicted octanol–water partition coefficient (Wildman–Crippen LogP) is 2.38. The molecule has 88 valence electrons.